The summed E-state index contributed by atoms with van der Waals surface area (Å²) in [5.41, 5.74) is 1.05. The molecule has 0 fully saturated rings. The van der Waals surface area contributed by atoms with E-state index in [4.69, 9.17) is 4.74 Å². The molecule has 148 valence electrons. The van der Waals surface area contributed by atoms with Crippen LogP contribution in [0.15, 0.2) is 35.6 Å². The maximum Gasteiger partial charge on any atom is 0.290 e. The molecule has 1 unspecified atom stereocenters. The Bertz CT molecular complexity index is 691. The molecule has 27 heavy (non-hydrogen) atoms. The number of Topliss-reactive ketones (excluding diaryl/α,β-unsaturated/α-hetero) is 1. The molecule has 0 aliphatic carbocycles. The van der Waals surface area contributed by atoms with Crippen LogP contribution in [0.2, 0.25) is 0 Å². The number of carbonyl (C=O) groups is 2. The highest BCUT2D eigenvalue weighted by Gasteiger charge is 2.42. The molecule has 1 aromatic rings. The van der Waals surface area contributed by atoms with Gasteiger partial charge >= 0.3 is 0 Å². The number of hydrogen-bond acceptors (Lipinski definition) is 4. The molecular formula is C22H31NO4. The molecule has 0 bridgehead atoms. The summed E-state index contributed by atoms with van der Waals surface area (Å²) < 4.78 is 5.49. The highest BCUT2D eigenvalue weighted by molar-refractivity contribution is 6.09. The van der Waals surface area contributed by atoms with Gasteiger partial charge in [-0.25, -0.2) is 0 Å². The third-order valence-electron chi connectivity index (χ3n) is 4.71. The molecule has 2 rings (SSSR count). The van der Waals surface area contributed by atoms with Crippen LogP contribution in [0.4, 0.5) is 0 Å². The number of ether oxygens (including phenoxy) is 1. The number of hydrogen-bond donors (Lipinski definition) is 1. The smallest absolute Gasteiger partial charge is 0.290 e. The second-order valence-electron chi connectivity index (χ2n) is 7.39. The summed E-state index contributed by atoms with van der Waals surface area (Å²) in [6, 6.07) is 6.89. The van der Waals surface area contributed by atoms with Gasteiger partial charge in [-0.05, 0) is 37.0 Å². The van der Waals surface area contributed by atoms with Crippen molar-refractivity contribution in [1.82, 2.24) is 4.90 Å². The van der Waals surface area contributed by atoms with E-state index in [1.165, 1.54) is 0 Å². The van der Waals surface area contributed by atoms with Crippen molar-refractivity contribution >= 4 is 11.7 Å². The normalized spacial score (nSPS) is 17.1. The van der Waals surface area contributed by atoms with E-state index in [2.05, 4.69) is 6.92 Å². The molecule has 0 saturated heterocycles. The Labute approximate surface area is 162 Å². The largest absolute Gasteiger partial charge is 0.503 e. The zero-order valence-electron chi connectivity index (χ0n) is 16.8. The minimum Gasteiger partial charge on any atom is -0.503 e. The molecule has 0 spiro atoms. The van der Waals surface area contributed by atoms with E-state index in [-0.39, 0.29) is 17.3 Å². The number of nitrogens with zero attached hydrogens (tertiary/aromatic N) is 1. The summed E-state index contributed by atoms with van der Waals surface area (Å²) in [5.74, 6) is -0.102. The number of ketones is 1. The summed E-state index contributed by atoms with van der Waals surface area (Å²) in [4.78, 5) is 27.1. The lowest BCUT2D eigenvalue weighted by molar-refractivity contribution is -0.129. The first-order valence-electron chi connectivity index (χ1n) is 9.90. The van der Waals surface area contributed by atoms with Gasteiger partial charge in [-0.1, -0.05) is 45.7 Å². The Morgan fingerprint density at radius 2 is 1.85 bits per heavy atom. The van der Waals surface area contributed by atoms with Crippen LogP contribution in [0, 0.1) is 5.92 Å². The van der Waals surface area contributed by atoms with Crippen molar-refractivity contribution in [3.63, 3.8) is 0 Å². The first kappa shape index (κ1) is 21.0. The van der Waals surface area contributed by atoms with Gasteiger partial charge in [0.2, 0.25) is 0 Å². The van der Waals surface area contributed by atoms with Crippen molar-refractivity contribution in [2.75, 3.05) is 13.2 Å². The number of benzene rings is 1. The van der Waals surface area contributed by atoms with Crippen molar-refractivity contribution in [2.45, 2.75) is 59.4 Å². The number of unbranched alkanes of at least 4 members (excludes halogenated alkanes) is 2. The van der Waals surface area contributed by atoms with Crippen molar-refractivity contribution in [3.05, 3.63) is 41.2 Å². The maximum absolute atomic E-state index is 12.8. The van der Waals surface area contributed by atoms with E-state index < -0.39 is 17.7 Å². The summed E-state index contributed by atoms with van der Waals surface area (Å²) in [6.07, 6.45) is 3.18. The van der Waals surface area contributed by atoms with Gasteiger partial charge in [0.15, 0.2) is 11.5 Å². The number of amides is 1. The summed E-state index contributed by atoms with van der Waals surface area (Å²) in [7, 11) is 0. The summed E-state index contributed by atoms with van der Waals surface area (Å²) in [6.45, 7) is 9.02. The average molecular weight is 373 g/mol. The molecule has 0 aromatic heterocycles. The van der Waals surface area contributed by atoms with Crippen LogP contribution in [-0.4, -0.2) is 34.8 Å². The number of aliphatic hydroxyl groups is 1. The van der Waals surface area contributed by atoms with Crippen LogP contribution in [-0.2, 0) is 9.59 Å². The highest BCUT2D eigenvalue weighted by Crippen LogP contribution is 2.39. The molecule has 1 amide bonds. The van der Waals surface area contributed by atoms with E-state index in [1.807, 2.05) is 45.0 Å². The second kappa shape index (κ2) is 9.58. The van der Waals surface area contributed by atoms with Crippen LogP contribution in [0.3, 0.4) is 0 Å². The third-order valence-corrected chi connectivity index (χ3v) is 4.71. The molecule has 1 aliphatic rings. The zero-order valence-corrected chi connectivity index (χ0v) is 16.8. The van der Waals surface area contributed by atoms with Gasteiger partial charge in [0, 0.05) is 13.0 Å². The fourth-order valence-electron chi connectivity index (χ4n) is 3.44. The van der Waals surface area contributed by atoms with Crippen LogP contribution >= 0.6 is 0 Å². The van der Waals surface area contributed by atoms with Crippen molar-refractivity contribution in [2.24, 2.45) is 5.92 Å². The van der Waals surface area contributed by atoms with Crippen molar-refractivity contribution in [1.29, 1.82) is 0 Å². The molecule has 1 aliphatic heterocycles. The first-order chi connectivity index (χ1) is 12.9. The quantitative estimate of drug-likeness (QED) is 0.609. The molecule has 1 aromatic carbocycles. The van der Waals surface area contributed by atoms with E-state index in [0.29, 0.717) is 19.6 Å². The lowest BCUT2D eigenvalue weighted by Gasteiger charge is -2.27. The fraction of sp³-hybridized carbons (Fsp3) is 0.545. The van der Waals surface area contributed by atoms with Gasteiger partial charge in [-0.2, -0.15) is 0 Å². The molecule has 0 radical (unpaired) electrons. The van der Waals surface area contributed by atoms with E-state index >= 15 is 0 Å². The molecule has 5 nitrogen and oxygen atoms in total. The molecule has 1 atom stereocenters. The Morgan fingerprint density at radius 1 is 1.19 bits per heavy atom. The van der Waals surface area contributed by atoms with Crippen LogP contribution < -0.4 is 4.74 Å². The first-order valence-corrected chi connectivity index (χ1v) is 9.90. The Hall–Kier alpha value is -2.30. The predicted molar refractivity (Wildman–Crippen MR) is 106 cm³/mol. The van der Waals surface area contributed by atoms with Gasteiger partial charge < -0.3 is 14.7 Å². The van der Waals surface area contributed by atoms with E-state index in [9.17, 15) is 14.7 Å². The van der Waals surface area contributed by atoms with Crippen molar-refractivity contribution in [3.8, 4) is 5.75 Å². The minimum absolute atomic E-state index is 0.156. The van der Waals surface area contributed by atoms with E-state index in [1.54, 1.807) is 4.90 Å². The van der Waals surface area contributed by atoms with Crippen LogP contribution in [0.1, 0.15) is 65.0 Å². The van der Waals surface area contributed by atoms with Gasteiger partial charge in [0.1, 0.15) is 5.75 Å². The molecular weight excluding hydrogens is 342 g/mol. The Balaban J connectivity index is 2.39. The number of aliphatic hydroxyl groups excluding tert-OH is 1. The van der Waals surface area contributed by atoms with Gasteiger partial charge in [-0.15, -0.1) is 0 Å². The molecule has 1 heterocycles. The predicted octanol–water partition coefficient (Wildman–Crippen LogP) is 4.59. The second-order valence-corrected chi connectivity index (χ2v) is 7.39. The van der Waals surface area contributed by atoms with Gasteiger partial charge in [-0.3, -0.25) is 9.59 Å². The van der Waals surface area contributed by atoms with Gasteiger partial charge in [0.25, 0.3) is 5.91 Å². The topological polar surface area (TPSA) is 66.8 Å². The standard InChI is InChI=1S/C22H31NO4/c1-5-7-8-13-23-20(16-9-11-17(12-10-16)27-6-2)19(21(25)22(23)26)18(24)14-15(3)4/h9-12,15,20,25H,5-8,13-14H2,1-4H3. The number of carbonyl (C=O) groups excluding carboxylic acids is 2. The average Bonchev–Trinajstić information content (AvgIpc) is 2.87. The zero-order chi connectivity index (χ0) is 20.0. The monoisotopic (exact) mass is 373 g/mol. The summed E-state index contributed by atoms with van der Waals surface area (Å²) in [5, 5.41) is 10.5. The molecule has 0 saturated carbocycles. The van der Waals surface area contributed by atoms with Crippen molar-refractivity contribution < 1.29 is 19.4 Å². The van der Waals surface area contributed by atoms with Crippen LogP contribution in [0.5, 0.6) is 5.75 Å². The number of rotatable bonds is 10. The Morgan fingerprint density at radius 3 is 2.41 bits per heavy atom. The Kier molecular flexibility index (Phi) is 7.45. The molecule has 1 N–H and O–H groups in total. The highest BCUT2D eigenvalue weighted by atomic mass is 16.5. The maximum atomic E-state index is 12.8. The fourth-order valence-corrected chi connectivity index (χ4v) is 3.44. The SMILES string of the molecule is CCCCCN1C(=O)C(O)=C(C(=O)CC(C)C)C1c1ccc(OCC)cc1. The van der Waals surface area contributed by atoms with E-state index in [0.717, 1.165) is 30.6 Å². The lowest BCUT2D eigenvalue weighted by Crippen LogP contribution is -2.32. The minimum atomic E-state index is -0.531. The lowest BCUT2D eigenvalue weighted by atomic mass is 9.92. The third kappa shape index (κ3) is 4.90. The van der Waals surface area contributed by atoms with Crippen LogP contribution in [0.25, 0.3) is 0 Å². The molecule has 5 heteroatoms. The summed E-state index contributed by atoms with van der Waals surface area (Å²) >= 11 is 0. The van der Waals surface area contributed by atoms with Gasteiger partial charge in [0.05, 0.1) is 18.2 Å².